The van der Waals surface area contributed by atoms with Crippen LogP contribution in [0.1, 0.15) is 19.3 Å². The van der Waals surface area contributed by atoms with Crippen LogP contribution in [0, 0.1) is 0 Å². The Kier molecular flexibility index (Phi) is 25.8. The molecule has 0 aliphatic rings. The van der Waals surface area contributed by atoms with Crippen molar-refractivity contribution in [2.24, 2.45) is 0 Å². The third kappa shape index (κ3) is 15.0. The number of ether oxygens (including phenoxy) is 1. The summed E-state index contributed by atoms with van der Waals surface area (Å²) in [7, 11) is 0. The van der Waals surface area contributed by atoms with Crippen molar-refractivity contribution < 1.29 is 172 Å². The van der Waals surface area contributed by atoms with Crippen LogP contribution in [0.25, 0.3) is 0 Å². The minimum absolute atomic E-state index is 0. The summed E-state index contributed by atoms with van der Waals surface area (Å²) in [6.07, 6.45) is -6.91. The minimum atomic E-state index is -3.13. The molecule has 15 heteroatoms. The van der Waals surface area contributed by atoms with E-state index in [4.69, 9.17) is 5.11 Å². The van der Waals surface area contributed by atoms with Gasteiger partial charge >= 0.3 is 124 Å². The standard InChI is InChI=1S/C10H12O11.4Na/c11-5(12)1-4(8(17)18)21-10(9(19)20,2-6(13)14)3-7(15)16;;;;/h4H,1-3H2,(H,11,12)(H,13,14)(H,15,16)(H,17,18)(H,19,20);;;;/q;4*+1/p-4. The van der Waals surface area contributed by atoms with Gasteiger partial charge in [-0.05, 0) is 0 Å². The van der Waals surface area contributed by atoms with E-state index < -0.39 is 60.8 Å². The molecule has 0 aromatic carbocycles. The van der Waals surface area contributed by atoms with Crippen LogP contribution < -0.4 is 139 Å². The van der Waals surface area contributed by atoms with Gasteiger partial charge in [0.05, 0.1) is 18.4 Å². The molecule has 0 saturated heterocycles. The number of carboxylic acid groups (broad SMARTS) is 5. The van der Waals surface area contributed by atoms with Gasteiger partial charge in [-0.2, -0.15) is 0 Å². The van der Waals surface area contributed by atoms with Gasteiger partial charge < -0.3 is 49.4 Å². The molecular formula is C10H8Na4O11. The van der Waals surface area contributed by atoms with E-state index in [1.807, 2.05) is 0 Å². The molecule has 0 aliphatic heterocycles. The molecular weight excluding hydrogens is 388 g/mol. The molecule has 25 heavy (non-hydrogen) atoms. The molecule has 0 bridgehead atoms. The zero-order valence-corrected chi connectivity index (χ0v) is 22.2. The fourth-order valence-electron chi connectivity index (χ4n) is 1.41. The van der Waals surface area contributed by atoms with Crippen LogP contribution in [0.4, 0.5) is 0 Å². The van der Waals surface area contributed by atoms with Crippen LogP contribution in [0.5, 0.6) is 0 Å². The molecule has 0 saturated carbocycles. The Morgan fingerprint density at radius 3 is 1.52 bits per heavy atom. The van der Waals surface area contributed by atoms with Gasteiger partial charge in [-0.25, -0.2) is 0 Å². The van der Waals surface area contributed by atoms with Crippen LogP contribution in [-0.4, -0.2) is 46.7 Å². The van der Waals surface area contributed by atoms with Crippen LogP contribution in [0.15, 0.2) is 0 Å². The maximum absolute atomic E-state index is 11.0. The predicted octanol–water partition coefficient (Wildman–Crippen LogP) is -18.6. The molecule has 0 fully saturated rings. The summed E-state index contributed by atoms with van der Waals surface area (Å²) in [5, 5.41) is 51.0. The summed E-state index contributed by atoms with van der Waals surface area (Å²) in [5.41, 5.74) is -3.13. The first-order valence-electron chi connectivity index (χ1n) is 5.22. The summed E-state index contributed by atoms with van der Waals surface area (Å²) in [5.74, 6) is -10.5. The summed E-state index contributed by atoms with van der Waals surface area (Å²) in [6.45, 7) is 0. The van der Waals surface area contributed by atoms with Gasteiger partial charge in [0, 0.05) is 24.8 Å². The van der Waals surface area contributed by atoms with E-state index in [1.165, 1.54) is 0 Å². The number of hydrogen-bond donors (Lipinski definition) is 1. The number of carboxylic acids is 5. The topological polar surface area (TPSA) is 207 Å². The van der Waals surface area contributed by atoms with Crippen molar-refractivity contribution in [2.45, 2.75) is 31.0 Å². The summed E-state index contributed by atoms with van der Waals surface area (Å²) >= 11 is 0. The first kappa shape index (κ1) is 37.1. The van der Waals surface area contributed by atoms with Gasteiger partial charge in [0.1, 0.15) is 11.7 Å². The Morgan fingerprint density at radius 1 is 0.840 bits per heavy atom. The molecule has 0 aromatic heterocycles. The second kappa shape index (κ2) is 17.4. The van der Waals surface area contributed by atoms with Gasteiger partial charge in [0.2, 0.25) is 0 Å². The third-order valence-electron chi connectivity index (χ3n) is 2.22. The fraction of sp³-hybridized carbons (Fsp3) is 0.500. The second-order valence-electron chi connectivity index (χ2n) is 3.90. The van der Waals surface area contributed by atoms with Gasteiger partial charge in [-0.3, -0.25) is 4.79 Å². The smallest absolute Gasteiger partial charge is 0.550 e. The Balaban J connectivity index is -0.000000333. The zero-order valence-electron chi connectivity index (χ0n) is 14.2. The average Bonchev–Trinajstić information content (AvgIpc) is 2.24. The van der Waals surface area contributed by atoms with Gasteiger partial charge in [0.15, 0.2) is 0 Å². The largest absolute Gasteiger partial charge is 1.00 e. The molecule has 11 nitrogen and oxygen atoms in total. The van der Waals surface area contributed by atoms with Crippen LogP contribution in [-0.2, 0) is 28.7 Å². The number of carbonyl (C=O) groups is 5. The Labute approximate surface area is 230 Å². The van der Waals surface area contributed by atoms with E-state index in [-0.39, 0.29) is 118 Å². The minimum Gasteiger partial charge on any atom is -0.550 e. The molecule has 0 heterocycles. The SMILES string of the molecule is O=C([O-])CC(OC(CC(=O)[O-])(CC(=O)O)C(=O)[O-])C(=O)[O-].[Na+].[Na+].[Na+].[Na+]. The van der Waals surface area contributed by atoms with E-state index in [1.54, 1.807) is 0 Å². The first-order valence-corrected chi connectivity index (χ1v) is 5.22. The normalized spacial score (nSPS) is 12.3. The van der Waals surface area contributed by atoms with Crippen molar-refractivity contribution in [1.29, 1.82) is 0 Å². The average molecular weight is 396 g/mol. The van der Waals surface area contributed by atoms with E-state index in [2.05, 4.69) is 4.74 Å². The molecule has 2 unspecified atom stereocenters. The molecule has 0 spiro atoms. The quantitative estimate of drug-likeness (QED) is 0.343. The molecule has 2 atom stereocenters. The Morgan fingerprint density at radius 2 is 1.28 bits per heavy atom. The zero-order chi connectivity index (χ0) is 16.8. The molecule has 0 amide bonds. The van der Waals surface area contributed by atoms with Crippen LogP contribution in [0.3, 0.4) is 0 Å². The molecule has 0 rings (SSSR count). The summed E-state index contributed by atoms with van der Waals surface area (Å²) in [6, 6.07) is 0. The third-order valence-corrected chi connectivity index (χ3v) is 2.22. The van der Waals surface area contributed by atoms with Crippen molar-refractivity contribution in [3.63, 3.8) is 0 Å². The van der Waals surface area contributed by atoms with E-state index in [0.29, 0.717) is 0 Å². The van der Waals surface area contributed by atoms with Crippen LogP contribution in [0.2, 0.25) is 0 Å². The van der Waals surface area contributed by atoms with E-state index in [9.17, 15) is 44.4 Å². The number of rotatable bonds is 10. The molecule has 1 N–H and O–H groups in total. The van der Waals surface area contributed by atoms with Crippen molar-refractivity contribution in [1.82, 2.24) is 0 Å². The van der Waals surface area contributed by atoms with Crippen LogP contribution >= 0.6 is 0 Å². The van der Waals surface area contributed by atoms with Crippen molar-refractivity contribution in [2.75, 3.05) is 0 Å². The van der Waals surface area contributed by atoms with Crippen molar-refractivity contribution in [3.05, 3.63) is 0 Å². The van der Waals surface area contributed by atoms with Gasteiger partial charge in [-0.15, -0.1) is 0 Å². The Bertz CT molecular complexity index is 465. The monoisotopic (exact) mass is 396 g/mol. The fourth-order valence-corrected chi connectivity index (χ4v) is 1.41. The molecule has 0 aromatic rings. The van der Waals surface area contributed by atoms with Gasteiger partial charge in [0.25, 0.3) is 0 Å². The number of carbonyl (C=O) groups excluding carboxylic acids is 4. The summed E-state index contributed by atoms with van der Waals surface area (Å²) < 4.78 is 4.35. The second-order valence-corrected chi connectivity index (χ2v) is 3.90. The van der Waals surface area contributed by atoms with E-state index in [0.717, 1.165) is 0 Å². The number of hydrogen-bond acceptors (Lipinski definition) is 10. The molecule has 0 aliphatic carbocycles. The van der Waals surface area contributed by atoms with Gasteiger partial charge in [-0.1, -0.05) is 0 Å². The van der Waals surface area contributed by atoms with E-state index >= 15 is 0 Å². The maximum Gasteiger partial charge on any atom is 1.00 e. The van der Waals surface area contributed by atoms with Crippen molar-refractivity contribution in [3.8, 4) is 0 Å². The maximum atomic E-state index is 11.0. The predicted molar refractivity (Wildman–Crippen MR) is 49.1 cm³/mol. The molecule has 118 valence electrons. The van der Waals surface area contributed by atoms with Crippen molar-refractivity contribution >= 4 is 29.8 Å². The molecule has 0 radical (unpaired) electrons. The Hall–Kier alpha value is 1.31. The first-order chi connectivity index (χ1) is 9.50. The number of aliphatic carboxylic acids is 5. The summed E-state index contributed by atoms with van der Waals surface area (Å²) in [4.78, 5) is 53.1.